The third kappa shape index (κ3) is 4.50. The van der Waals surface area contributed by atoms with Gasteiger partial charge >= 0.3 is 0 Å². The molecule has 0 spiro atoms. The zero-order valence-electron chi connectivity index (χ0n) is 18.0. The molecule has 1 aromatic heterocycles. The Labute approximate surface area is 191 Å². The van der Waals surface area contributed by atoms with Gasteiger partial charge in [-0.25, -0.2) is 0 Å². The summed E-state index contributed by atoms with van der Waals surface area (Å²) in [7, 11) is 1.00. The van der Waals surface area contributed by atoms with Crippen LogP contribution in [0.5, 0.6) is 0 Å². The van der Waals surface area contributed by atoms with Crippen LogP contribution in [0.15, 0.2) is 34.9 Å². The van der Waals surface area contributed by atoms with Gasteiger partial charge in [0.1, 0.15) is 5.76 Å². The average molecular weight is 576 g/mol. The molecular formula is C23H26N3O3W-. The number of nitrogens with zero attached hydrogens (tertiary/aromatic N) is 2. The maximum atomic E-state index is 12.5. The topological polar surface area (TPSA) is 89.5 Å². The van der Waals surface area contributed by atoms with Crippen molar-refractivity contribution in [3.8, 4) is 22.3 Å². The number of benzene rings is 2. The molecular weight excluding hydrogens is 550 g/mol. The summed E-state index contributed by atoms with van der Waals surface area (Å²) in [6, 6.07) is 10.1. The molecule has 1 aliphatic heterocycles. The number of aliphatic hydroxyl groups is 1. The molecule has 0 saturated carbocycles. The molecule has 0 fully saturated rings. The van der Waals surface area contributed by atoms with Crippen molar-refractivity contribution in [3.63, 3.8) is 0 Å². The van der Waals surface area contributed by atoms with Crippen LogP contribution in [-0.2, 0) is 21.1 Å². The van der Waals surface area contributed by atoms with E-state index in [-0.39, 0.29) is 33.0 Å². The maximum absolute atomic E-state index is 12.5. The molecule has 0 aliphatic carbocycles. The van der Waals surface area contributed by atoms with E-state index in [1.54, 1.807) is 0 Å². The number of carbonyl (C=O) groups is 1. The van der Waals surface area contributed by atoms with E-state index in [0.29, 0.717) is 5.56 Å². The zero-order valence-corrected chi connectivity index (χ0v) is 21.0. The minimum atomic E-state index is -0.0517. The minimum absolute atomic E-state index is 0. The van der Waals surface area contributed by atoms with Crippen LogP contribution in [0.2, 0.25) is 0 Å². The third-order valence-corrected chi connectivity index (χ3v) is 4.88. The van der Waals surface area contributed by atoms with Crippen molar-refractivity contribution in [1.29, 1.82) is 0 Å². The molecule has 2 aromatic carbocycles. The van der Waals surface area contributed by atoms with Crippen molar-refractivity contribution in [3.05, 3.63) is 58.2 Å². The molecule has 1 amide bonds. The first-order valence-electron chi connectivity index (χ1n) is 9.55. The van der Waals surface area contributed by atoms with Crippen molar-refractivity contribution in [2.45, 2.75) is 40.7 Å². The number of amides is 1. The number of aryl methyl sites for hydroxylation is 2. The Morgan fingerprint density at radius 3 is 2.43 bits per heavy atom. The van der Waals surface area contributed by atoms with Crippen molar-refractivity contribution in [1.82, 2.24) is 10.5 Å². The molecule has 158 valence electrons. The number of fused-ring (bicyclic) bond motifs is 1. The molecule has 0 atom stereocenters. The van der Waals surface area contributed by atoms with Gasteiger partial charge in [-0.05, 0) is 69.0 Å². The summed E-state index contributed by atoms with van der Waals surface area (Å²) >= 11 is 0. The molecule has 6 nitrogen and oxygen atoms in total. The Morgan fingerprint density at radius 2 is 1.83 bits per heavy atom. The van der Waals surface area contributed by atoms with Gasteiger partial charge < -0.3 is 20.3 Å². The predicted octanol–water partition coefficient (Wildman–Crippen LogP) is 5.33. The van der Waals surface area contributed by atoms with Crippen LogP contribution >= 0.6 is 0 Å². The van der Waals surface area contributed by atoms with Gasteiger partial charge in [0.25, 0.3) is 5.91 Å². The second-order valence-electron chi connectivity index (χ2n) is 7.31. The van der Waals surface area contributed by atoms with Crippen LogP contribution in [0.1, 0.15) is 41.2 Å². The van der Waals surface area contributed by atoms with Gasteiger partial charge in [0, 0.05) is 45.3 Å². The van der Waals surface area contributed by atoms with Gasteiger partial charge in [0.15, 0.2) is 0 Å². The fraction of sp³-hybridized carbons (Fsp3) is 0.304. The fourth-order valence-electron chi connectivity index (χ4n) is 3.56. The molecule has 3 aromatic rings. The Morgan fingerprint density at radius 1 is 1.13 bits per heavy atom. The van der Waals surface area contributed by atoms with E-state index in [0.717, 1.165) is 57.8 Å². The van der Waals surface area contributed by atoms with Gasteiger partial charge in [0.05, 0.1) is 5.69 Å². The standard InChI is InChI=1S/C22H22N3O2.CH4O.W/c1-11(2)23-22(26)17-8-6-7-16(12(17)3)18-9-15(10-19-21(18)24-19)20-13(4)25-27-14(20)5;1-2;/h6-11H,1-5H3,(H,23,26);2H,1H3;/q-1;;. The number of rotatable bonds is 4. The van der Waals surface area contributed by atoms with Gasteiger partial charge in [-0.2, -0.15) is 5.69 Å². The quantitative estimate of drug-likeness (QED) is 0.322. The third-order valence-electron chi connectivity index (χ3n) is 4.88. The first-order chi connectivity index (χ1) is 13.9. The molecule has 0 saturated heterocycles. The second kappa shape index (κ2) is 9.59. The molecule has 7 heteroatoms. The Balaban J connectivity index is 0.00000104. The fourth-order valence-corrected chi connectivity index (χ4v) is 3.56. The van der Waals surface area contributed by atoms with E-state index in [4.69, 9.17) is 9.63 Å². The summed E-state index contributed by atoms with van der Waals surface area (Å²) in [5.41, 5.74) is 8.60. The second-order valence-corrected chi connectivity index (χ2v) is 7.31. The van der Waals surface area contributed by atoms with Crippen molar-refractivity contribution in [2.75, 3.05) is 7.11 Å². The van der Waals surface area contributed by atoms with E-state index in [2.05, 4.69) is 27.9 Å². The molecule has 30 heavy (non-hydrogen) atoms. The van der Waals surface area contributed by atoms with Crippen molar-refractivity contribution >= 4 is 17.3 Å². The Hall–Kier alpha value is -2.43. The molecule has 2 N–H and O–H groups in total. The predicted molar refractivity (Wildman–Crippen MR) is 115 cm³/mol. The summed E-state index contributed by atoms with van der Waals surface area (Å²) in [6.45, 7) is 9.77. The number of nitrogens with one attached hydrogen (secondary N) is 1. The number of carbonyl (C=O) groups excluding carboxylic acids is 1. The molecule has 1 aliphatic rings. The number of hydrogen-bond acceptors (Lipinski definition) is 4. The van der Waals surface area contributed by atoms with E-state index in [9.17, 15) is 4.79 Å². The van der Waals surface area contributed by atoms with Crippen LogP contribution in [0.25, 0.3) is 27.6 Å². The summed E-state index contributed by atoms with van der Waals surface area (Å²) in [5.74, 6) is 0.741. The van der Waals surface area contributed by atoms with Gasteiger partial charge in [0.2, 0.25) is 0 Å². The Kier molecular flexibility index (Phi) is 7.62. The number of hydrogen-bond donors (Lipinski definition) is 2. The van der Waals surface area contributed by atoms with Gasteiger partial charge in [-0.3, -0.25) is 4.79 Å². The molecule has 4 rings (SSSR count). The van der Waals surface area contributed by atoms with Crippen molar-refractivity contribution < 1.29 is 35.5 Å². The SMILES string of the molecule is CO.Cc1noc(C)c1-c1cc2c(c(-c3cccc(C(=O)NC(C)C)c3C)c1)[N-]2.[W]. The van der Waals surface area contributed by atoms with Crippen LogP contribution < -0.4 is 5.32 Å². The van der Waals surface area contributed by atoms with Crippen LogP contribution in [0.4, 0.5) is 11.4 Å². The molecule has 0 unspecified atom stereocenters. The smallest absolute Gasteiger partial charge is 0.251 e. The number of aromatic nitrogens is 1. The summed E-state index contributed by atoms with van der Waals surface area (Å²) < 4.78 is 5.33. The largest absolute Gasteiger partial charge is 0.659 e. The van der Waals surface area contributed by atoms with E-state index in [1.165, 1.54) is 0 Å². The maximum Gasteiger partial charge on any atom is 0.251 e. The summed E-state index contributed by atoms with van der Waals surface area (Å²) in [5, 5.41) is 18.6. The zero-order chi connectivity index (χ0) is 21.3. The molecule has 0 radical (unpaired) electrons. The number of aliphatic hydroxyl groups excluding tert-OH is 1. The van der Waals surface area contributed by atoms with E-state index < -0.39 is 0 Å². The van der Waals surface area contributed by atoms with E-state index in [1.807, 2.05) is 52.8 Å². The Bertz CT molecular complexity index is 1050. The van der Waals surface area contributed by atoms with Crippen LogP contribution in [0.3, 0.4) is 0 Å². The van der Waals surface area contributed by atoms with Crippen LogP contribution in [0, 0.1) is 20.8 Å². The van der Waals surface area contributed by atoms with Crippen LogP contribution in [-0.4, -0.2) is 29.3 Å². The minimum Gasteiger partial charge on any atom is -0.659 e. The van der Waals surface area contributed by atoms with Gasteiger partial charge in [-0.15, -0.1) is 5.69 Å². The van der Waals surface area contributed by atoms with Crippen molar-refractivity contribution in [2.24, 2.45) is 0 Å². The first-order valence-corrected chi connectivity index (χ1v) is 9.55. The normalized spacial score (nSPS) is 10.9. The monoisotopic (exact) mass is 576 g/mol. The van der Waals surface area contributed by atoms with E-state index >= 15 is 0 Å². The van der Waals surface area contributed by atoms with Gasteiger partial charge in [-0.1, -0.05) is 23.4 Å². The molecule has 2 heterocycles. The summed E-state index contributed by atoms with van der Waals surface area (Å²) in [4.78, 5) is 12.5. The first kappa shape index (κ1) is 23.8. The summed E-state index contributed by atoms with van der Waals surface area (Å²) in [6.07, 6.45) is 0. The molecule has 0 bridgehead atoms. The average Bonchev–Trinajstić information content (AvgIpc) is 3.39.